The minimum absolute atomic E-state index is 0.0385. The number of carbonyl (C=O) groups excluding carboxylic acids is 1. The Morgan fingerprint density at radius 2 is 2.00 bits per heavy atom. The number of aryl methyl sites for hydroxylation is 1. The van der Waals surface area contributed by atoms with Crippen LogP contribution in [0.15, 0.2) is 18.2 Å². The highest BCUT2D eigenvalue weighted by Crippen LogP contribution is 2.22. The Hall–Kier alpha value is -1.88. The molecule has 1 heterocycles. The summed E-state index contributed by atoms with van der Waals surface area (Å²) in [6.45, 7) is 3.39. The number of carboxylic acids is 1. The smallest absolute Gasteiger partial charge is 0.338 e. The highest BCUT2D eigenvalue weighted by atomic mass is 16.4. The van der Waals surface area contributed by atoms with Crippen molar-refractivity contribution in [1.82, 2.24) is 5.32 Å². The van der Waals surface area contributed by atoms with Crippen LogP contribution in [0.5, 0.6) is 0 Å². The molecular weight excluding hydrogens is 244 g/mol. The van der Waals surface area contributed by atoms with Gasteiger partial charge in [-0.3, -0.25) is 4.79 Å². The SMILES string of the molecule is Cc1cccc(NC(=O)C2CCNCC2)c1C(=O)O. The van der Waals surface area contributed by atoms with E-state index in [0.29, 0.717) is 11.3 Å². The maximum absolute atomic E-state index is 12.1. The minimum atomic E-state index is -1.02. The molecule has 0 atom stereocenters. The van der Waals surface area contributed by atoms with Crippen LogP contribution >= 0.6 is 0 Å². The van der Waals surface area contributed by atoms with Gasteiger partial charge in [0, 0.05) is 5.92 Å². The molecule has 1 aliphatic heterocycles. The third kappa shape index (κ3) is 3.12. The number of carboxylic acid groups (broad SMARTS) is 1. The van der Waals surface area contributed by atoms with Crippen molar-refractivity contribution >= 4 is 17.6 Å². The average Bonchev–Trinajstić information content (AvgIpc) is 2.39. The van der Waals surface area contributed by atoms with Gasteiger partial charge >= 0.3 is 5.97 Å². The Labute approximate surface area is 112 Å². The monoisotopic (exact) mass is 262 g/mol. The fraction of sp³-hybridized carbons (Fsp3) is 0.429. The van der Waals surface area contributed by atoms with E-state index in [1.165, 1.54) is 0 Å². The van der Waals surface area contributed by atoms with Gasteiger partial charge in [-0.15, -0.1) is 0 Å². The molecular formula is C14H18N2O3. The van der Waals surface area contributed by atoms with E-state index in [1.54, 1.807) is 25.1 Å². The van der Waals surface area contributed by atoms with Crippen LogP contribution in [-0.4, -0.2) is 30.1 Å². The van der Waals surface area contributed by atoms with Gasteiger partial charge in [0.05, 0.1) is 11.3 Å². The third-order valence-corrected chi connectivity index (χ3v) is 3.45. The van der Waals surface area contributed by atoms with Crippen LogP contribution in [0.4, 0.5) is 5.69 Å². The molecule has 0 unspecified atom stereocenters. The van der Waals surface area contributed by atoms with Gasteiger partial charge in [0.15, 0.2) is 0 Å². The van der Waals surface area contributed by atoms with Gasteiger partial charge in [-0.05, 0) is 44.5 Å². The molecule has 0 spiro atoms. The summed E-state index contributed by atoms with van der Waals surface area (Å²) in [7, 11) is 0. The summed E-state index contributed by atoms with van der Waals surface area (Å²) in [5, 5.41) is 15.2. The van der Waals surface area contributed by atoms with Gasteiger partial charge in [-0.1, -0.05) is 12.1 Å². The first-order valence-electron chi connectivity index (χ1n) is 6.44. The molecule has 2 rings (SSSR count). The van der Waals surface area contributed by atoms with E-state index in [-0.39, 0.29) is 17.4 Å². The number of aromatic carboxylic acids is 1. The Morgan fingerprint density at radius 1 is 1.32 bits per heavy atom. The van der Waals surface area contributed by atoms with E-state index in [1.807, 2.05) is 0 Å². The number of amides is 1. The largest absolute Gasteiger partial charge is 0.478 e. The van der Waals surface area contributed by atoms with E-state index in [0.717, 1.165) is 25.9 Å². The molecule has 1 aromatic rings. The lowest BCUT2D eigenvalue weighted by Gasteiger charge is -2.22. The standard InChI is InChI=1S/C14H18N2O3/c1-9-3-2-4-11(12(9)14(18)19)16-13(17)10-5-7-15-8-6-10/h2-4,10,15H,5-8H2,1H3,(H,16,17)(H,18,19). The zero-order valence-electron chi connectivity index (χ0n) is 10.9. The van der Waals surface area contributed by atoms with Crippen LogP contribution in [-0.2, 0) is 4.79 Å². The number of piperidine rings is 1. The first kappa shape index (κ1) is 13.5. The predicted octanol–water partition coefficient (Wildman–Crippen LogP) is 1.63. The van der Waals surface area contributed by atoms with Crippen LogP contribution in [0.2, 0.25) is 0 Å². The lowest BCUT2D eigenvalue weighted by atomic mass is 9.97. The normalized spacial score (nSPS) is 16.1. The summed E-state index contributed by atoms with van der Waals surface area (Å²) < 4.78 is 0. The third-order valence-electron chi connectivity index (χ3n) is 3.45. The molecule has 0 saturated carbocycles. The summed E-state index contributed by atoms with van der Waals surface area (Å²) in [5.74, 6) is -1.14. The fourth-order valence-corrected chi connectivity index (χ4v) is 2.37. The molecule has 1 aliphatic rings. The Bertz CT molecular complexity index is 493. The van der Waals surface area contributed by atoms with Crippen molar-refractivity contribution in [3.63, 3.8) is 0 Å². The fourth-order valence-electron chi connectivity index (χ4n) is 2.37. The summed E-state index contributed by atoms with van der Waals surface area (Å²) >= 11 is 0. The number of hydrogen-bond donors (Lipinski definition) is 3. The second-order valence-electron chi connectivity index (χ2n) is 4.82. The zero-order chi connectivity index (χ0) is 13.8. The molecule has 1 aromatic carbocycles. The molecule has 1 saturated heterocycles. The quantitative estimate of drug-likeness (QED) is 0.773. The van der Waals surface area contributed by atoms with Gasteiger partial charge in [0.25, 0.3) is 0 Å². The van der Waals surface area contributed by atoms with E-state index in [4.69, 9.17) is 0 Å². The number of benzene rings is 1. The molecule has 102 valence electrons. The van der Waals surface area contributed by atoms with Crippen LogP contribution in [0.25, 0.3) is 0 Å². The number of anilines is 1. The van der Waals surface area contributed by atoms with Crippen molar-refractivity contribution in [3.05, 3.63) is 29.3 Å². The predicted molar refractivity (Wildman–Crippen MR) is 72.4 cm³/mol. The van der Waals surface area contributed by atoms with Gasteiger partial charge in [0.1, 0.15) is 0 Å². The van der Waals surface area contributed by atoms with Crippen LogP contribution in [0.1, 0.15) is 28.8 Å². The van der Waals surface area contributed by atoms with Gasteiger partial charge in [-0.25, -0.2) is 4.79 Å². The molecule has 0 bridgehead atoms. The second-order valence-corrected chi connectivity index (χ2v) is 4.82. The maximum atomic E-state index is 12.1. The number of carbonyl (C=O) groups is 2. The number of nitrogens with one attached hydrogen (secondary N) is 2. The van der Waals surface area contributed by atoms with Crippen molar-refractivity contribution in [2.45, 2.75) is 19.8 Å². The summed E-state index contributed by atoms with van der Waals surface area (Å²) in [6.07, 6.45) is 1.58. The van der Waals surface area contributed by atoms with E-state index < -0.39 is 5.97 Å². The van der Waals surface area contributed by atoms with Crippen molar-refractivity contribution in [2.24, 2.45) is 5.92 Å². The van der Waals surface area contributed by atoms with Crippen LogP contribution in [0, 0.1) is 12.8 Å². The lowest BCUT2D eigenvalue weighted by molar-refractivity contribution is -0.120. The van der Waals surface area contributed by atoms with Crippen molar-refractivity contribution in [2.75, 3.05) is 18.4 Å². The maximum Gasteiger partial charge on any atom is 0.338 e. The highest BCUT2D eigenvalue weighted by molar-refractivity contribution is 6.02. The molecule has 3 N–H and O–H groups in total. The van der Waals surface area contributed by atoms with E-state index in [2.05, 4.69) is 10.6 Å². The van der Waals surface area contributed by atoms with E-state index in [9.17, 15) is 14.7 Å². The zero-order valence-corrected chi connectivity index (χ0v) is 10.9. The second kappa shape index (κ2) is 5.84. The van der Waals surface area contributed by atoms with Crippen LogP contribution < -0.4 is 10.6 Å². The Kier molecular flexibility index (Phi) is 4.16. The first-order valence-corrected chi connectivity index (χ1v) is 6.44. The first-order chi connectivity index (χ1) is 9.09. The molecule has 5 heteroatoms. The van der Waals surface area contributed by atoms with Gasteiger partial charge in [-0.2, -0.15) is 0 Å². The lowest BCUT2D eigenvalue weighted by Crippen LogP contribution is -2.34. The molecule has 0 aromatic heterocycles. The summed E-state index contributed by atoms with van der Waals surface area (Å²) in [4.78, 5) is 23.4. The minimum Gasteiger partial charge on any atom is -0.478 e. The van der Waals surface area contributed by atoms with E-state index >= 15 is 0 Å². The van der Waals surface area contributed by atoms with Gasteiger partial charge in [0.2, 0.25) is 5.91 Å². The number of rotatable bonds is 3. The van der Waals surface area contributed by atoms with Crippen LogP contribution in [0.3, 0.4) is 0 Å². The number of hydrogen-bond acceptors (Lipinski definition) is 3. The van der Waals surface area contributed by atoms with Gasteiger partial charge < -0.3 is 15.7 Å². The van der Waals surface area contributed by atoms with Crippen molar-refractivity contribution in [3.8, 4) is 0 Å². The molecule has 0 aliphatic carbocycles. The summed E-state index contributed by atoms with van der Waals surface area (Å²) in [5.41, 5.74) is 1.21. The Morgan fingerprint density at radius 3 is 2.63 bits per heavy atom. The highest BCUT2D eigenvalue weighted by Gasteiger charge is 2.22. The molecule has 1 fully saturated rings. The molecule has 1 amide bonds. The Balaban J connectivity index is 2.16. The molecule has 19 heavy (non-hydrogen) atoms. The van der Waals surface area contributed by atoms with Crippen molar-refractivity contribution in [1.29, 1.82) is 0 Å². The molecule has 5 nitrogen and oxygen atoms in total. The molecule has 0 radical (unpaired) electrons. The summed E-state index contributed by atoms with van der Waals surface area (Å²) in [6, 6.07) is 5.11. The average molecular weight is 262 g/mol. The van der Waals surface area contributed by atoms with Crippen molar-refractivity contribution < 1.29 is 14.7 Å². The topological polar surface area (TPSA) is 78.4 Å².